The fourth-order valence-electron chi connectivity index (χ4n) is 3.15. The standard InChI is InChI=1S/C16H26N2O/c1-13(18-10-11-19-12-16(18,2)3)15(17-4)14-8-6-5-7-9-14/h5-9,13,15,17H,10-12H2,1-4H3. The van der Waals surface area contributed by atoms with E-state index in [0.29, 0.717) is 12.1 Å². The third-order valence-electron chi connectivity index (χ3n) is 4.15. The molecule has 1 aromatic rings. The summed E-state index contributed by atoms with van der Waals surface area (Å²) in [5, 5.41) is 3.47. The topological polar surface area (TPSA) is 24.5 Å². The smallest absolute Gasteiger partial charge is 0.0645 e. The lowest BCUT2D eigenvalue weighted by molar-refractivity contribution is -0.0747. The summed E-state index contributed by atoms with van der Waals surface area (Å²) >= 11 is 0. The Labute approximate surface area is 116 Å². The first-order valence-corrected chi connectivity index (χ1v) is 7.13. The Hall–Kier alpha value is -0.900. The quantitative estimate of drug-likeness (QED) is 0.902. The molecular formula is C16H26N2O. The van der Waals surface area contributed by atoms with Crippen LogP contribution in [0.15, 0.2) is 30.3 Å². The number of benzene rings is 1. The highest BCUT2D eigenvalue weighted by Crippen LogP contribution is 2.28. The summed E-state index contributed by atoms with van der Waals surface area (Å²) in [6, 6.07) is 11.5. The van der Waals surface area contributed by atoms with Crippen molar-refractivity contribution in [2.75, 3.05) is 26.8 Å². The van der Waals surface area contributed by atoms with Gasteiger partial charge >= 0.3 is 0 Å². The summed E-state index contributed by atoms with van der Waals surface area (Å²) in [5.74, 6) is 0. The summed E-state index contributed by atoms with van der Waals surface area (Å²) in [4.78, 5) is 2.56. The summed E-state index contributed by atoms with van der Waals surface area (Å²) in [5.41, 5.74) is 1.45. The van der Waals surface area contributed by atoms with Gasteiger partial charge in [-0.3, -0.25) is 4.90 Å². The number of ether oxygens (including phenoxy) is 1. The van der Waals surface area contributed by atoms with Crippen LogP contribution in [-0.4, -0.2) is 43.3 Å². The molecule has 0 radical (unpaired) electrons. The van der Waals surface area contributed by atoms with Crippen molar-refractivity contribution >= 4 is 0 Å². The van der Waals surface area contributed by atoms with E-state index in [1.54, 1.807) is 0 Å². The van der Waals surface area contributed by atoms with Gasteiger partial charge in [-0.05, 0) is 33.4 Å². The average Bonchev–Trinajstić information content (AvgIpc) is 2.40. The van der Waals surface area contributed by atoms with Crippen molar-refractivity contribution < 1.29 is 4.74 Å². The Bertz CT molecular complexity index is 391. The molecule has 106 valence electrons. The second-order valence-electron chi connectivity index (χ2n) is 5.98. The van der Waals surface area contributed by atoms with Crippen LogP contribution in [0.5, 0.6) is 0 Å². The number of nitrogens with one attached hydrogen (secondary N) is 1. The molecule has 2 rings (SSSR count). The number of rotatable bonds is 4. The maximum atomic E-state index is 5.62. The second kappa shape index (κ2) is 6.04. The summed E-state index contributed by atoms with van der Waals surface area (Å²) in [6.45, 7) is 9.47. The minimum Gasteiger partial charge on any atom is -0.378 e. The van der Waals surface area contributed by atoms with Crippen molar-refractivity contribution in [2.45, 2.75) is 38.4 Å². The van der Waals surface area contributed by atoms with Crippen LogP contribution >= 0.6 is 0 Å². The second-order valence-corrected chi connectivity index (χ2v) is 5.98. The average molecular weight is 262 g/mol. The molecule has 1 N–H and O–H groups in total. The van der Waals surface area contributed by atoms with Gasteiger partial charge < -0.3 is 10.1 Å². The van der Waals surface area contributed by atoms with Crippen molar-refractivity contribution in [2.24, 2.45) is 0 Å². The number of hydrogen-bond acceptors (Lipinski definition) is 3. The van der Waals surface area contributed by atoms with Crippen LogP contribution in [0.2, 0.25) is 0 Å². The molecule has 1 heterocycles. The minimum absolute atomic E-state index is 0.0988. The molecular weight excluding hydrogens is 236 g/mol. The van der Waals surface area contributed by atoms with Gasteiger partial charge in [-0.1, -0.05) is 30.3 Å². The summed E-state index contributed by atoms with van der Waals surface area (Å²) in [6.07, 6.45) is 0. The largest absolute Gasteiger partial charge is 0.378 e. The number of likely N-dealkylation sites (N-methyl/N-ethyl adjacent to an activating group) is 1. The molecule has 2 atom stereocenters. The molecule has 0 bridgehead atoms. The summed E-state index contributed by atoms with van der Waals surface area (Å²) in [7, 11) is 2.04. The van der Waals surface area contributed by atoms with Crippen molar-refractivity contribution in [3.8, 4) is 0 Å². The van der Waals surface area contributed by atoms with Gasteiger partial charge in [-0.2, -0.15) is 0 Å². The van der Waals surface area contributed by atoms with Gasteiger partial charge in [0.1, 0.15) is 0 Å². The zero-order valence-corrected chi connectivity index (χ0v) is 12.5. The van der Waals surface area contributed by atoms with Gasteiger partial charge in [0.15, 0.2) is 0 Å². The first-order chi connectivity index (χ1) is 9.06. The van der Waals surface area contributed by atoms with Gasteiger partial charge in [0.05, 0.1) is 13.2 Å². The van der Waals surface area contributed by atoms with Crippen LogP contribution in [0.4, 0.5) is 0 Å². The zero-order chi connectivity index (χ0) is 13.9. The zero-order valence-electron chi connectivity index (χ0n) is 12.5. The molecule has 0 aromatic heterocycles. The van der Waals surface area contributed by atoms with E-state index in [0.717, 1.165) is 19.8 Å². The predicted octanol–water partition coefficient (Wildman–Crippen LogP) is 2.45. The van der Waals surface area contributed by atoms with Crippen molar-refractivity contribution in [3.63, 3.8) is 0 Å². The van der Waals surface area contributed by atoms with E-state index in [1.807, 2.05) is 7.05 Å². The highest BCUT2D eigenvalue weighted by molar-refractivity contribution is 5.20. The molecule has 0 saturated carbocycles. The Kier molecular flexibility index (Phi) is 4.61. The Morgan fingerprint density at radius 1 is 1.26 bits per heavy atom. The molecule has 1 fully saturated rings. The SMILES string of the molecule is CNC(c1ccccc1)C(C)N1CCOCC1(C)C. The first-order valence-electron chi connectivity index (χ1n) is 7.13. The van der Waals surface area contributed by atoms with Gasteiger partial charge in [0, 0.05) is 24.2 Å². The van der Waals surface area contributed by atoms with E-state index in [4.69, 9.17) is 4.74 Å². The van der Waals surface area contributed by atoms with E-state index in [1.165, 1.54) is 5.56 Å². The molecule has 3 heteroatoms. The number of hydrogen-bond donors (Lipinski definition) is 1. The molecule has 1 aromatic carbocycles. The van der Waals surface area contributed by atoms with Gasteiger partial charge in [0.25, 0.3) is 0 Å². The number of morpholine rings is 1. The molecule has 0 aliphatic carbocycles. The fourth-order valence-corrected chi connectivity index (χ4v) is 3.15. The summed E-state index contributed by atoms with van der Waals surface area (Å²) < 4.78 is 5.62. The predicted molar refractivity (Wildman–Crippen MR) is 79.3 cm³/mol. The molecule has 1 aliphatic rings. The molecule has 0 amide bonds. The molecule has 19 heavy (non-hydrogen) atoms. The van der Waals surface area contributed by atoms with E-state index in [2.05, 4.69) is 61.3 Å². The van der Waals surface area contributed by atoms with Crippen LogP contribution in [0.25, 0.3) is 0 Å². The Morgan fingerprint density at radius 3 is 2.53 bits per heavy atom. The van der Waals surface area contributed by atoms with E-state index in [-0.39, 0.29) is 5.54 Å². The van der Waals surface area contributed by atoms with Gasteiger partial charge in [-0.25, -0.2) is 0 Å². The van der Waals surface area contributed by atoms with Gasteiger partial charge in [-0.15, -0.1) is 0 Å². The Morgan fingerprint density at radius 2 is 1.95 bits per heavy atom. The molecule has 0 spiro atoms. The van der Waals surface area contributed by atoms with E-state index >= 15 is 0 Å². The maximum absolute atomic E-state index is 5.62. The lowest BCUT2D eigenvalue weighted by atomic mass is 9.93. The normalized spacial score (nSPS) is 22.9. The minimum atomic E-state index is 0.0988. The molecule has 1 aliphatic heterocycles. The fraction of sp³-hybridized carbons (Fsp3) is 0.625. The van der Waals surface area contributed by atoms with E-state index in [9.17, 15) is 0 Å². The Balaban J connectivity index is 2.18. The highest BCUT2D eigenvalue weighted by Gasteiger charge is 2.36. The van der Waals surface area contributed by atoms with Crippen LogP contribution in [0.1, 0.15) is 32.4 Å². The third-order valence-corrected chi connectivity index (χ3v) is 4.15. The maximum Gasteiger partial charge on any atom is 0.0645 e. The van der Waals surface area contributed by atoms with Crippen LogP contribution in [0.3, 0.4) is 0 Å². The van der Waals surface area contributed by atoms with E-state index < -0.39 is 0 Å². The van der Waals surface area contributed by atoms with Gasteiger partial charge in [0.2, 0.25) is 0 Å². The monoisotopic (exact) mass is 262 g/mol. The third kappa shape index (κ3) is 3.16. The molecule has 2 unspecified atom stereocenters. The van der Waals surface area contributed by atoms with Crippen molar-refractivity contribution in [1.82, 2.24) is 10.2 Å². The van der Waals surface area contributed by atoms with Crippen molar-refractivity contribution in [1.29, 1.82) is 0 Å². The highest BCUT2D eigenvalue weighted by atomic mass is 16.5. The van der Waals surface area contributed by atoms with Crippen LogP contribution in [0, 0.1) is 0 Å². The molecule has 3 nitrogen and oxygen atoms in total. The van der Waals surface area contributed by atoms with Crippen LogP contribution < -0.4 is 5.32 Å². The lowest BCUT2D eigenvalue weighted by Gasteiger charge is -2.47. The van der Waals surface area contributed by atoms with Crippen LogP contribution in [-0.2, 0) is 4.74 Å². The van der Waals surface area contributed by atoms with Crippen molar-refractivity contribution in [3.05, 3.63) is 35.9 Å². The lowest BCUT2D eigenvalue weighted by Crippen LogP contribution is -2.58. The number of nitrogens with zero attached hydrogens (tertiary/aromatic N) is 1. The molecule has 1 saturated heterocycles. The first kappa shape index (κ1) is 14.5.